The van der Waals surface area contributed by atoms with E-state index in [2.05, 4.69) is 0 Å². The Morgan fingerprint density at radius 3 is 1.78 bits per heavy atom. The van der Waals surface area contributed by atoms with Crippen molar-refractivity contribution in [2.45, 2.75) is 77.6 Å². The van der Waals surface area contributed by atoms with Crippen molar-refractivity contribution < 1.29 is 13.5 Å². The number of hydrogen-bond acceptors (Lipinski definition) is 1. The lowest BCUT2D eigenvalue weighted by molar-refractivity contribution is 0.0901. The van der Waals surface area contributed by atoms with Gasteiger partial charge in [-0.25, -0.2) is 4.39 Å². The molecule has 0 aliphatic heterocycles. The largest absolute Gasteiger partial charge is 0.490 e. The Labute approximate surface area is 162 Å². The first-order valence-corrected chi connectivity index (χ1v) is 11.2. The minimum atomic E-state index is -0.841. The summed E-state index contributed by atoms with van der Waals surface area (Å²) in [6, 6.07) is 3.14. The molecule has 27 heavy (non-hydrogen) atoms. The van der Waals surface area contributed by atoms with Gasteiger partial charge >= 0.3 is 0 Å². The van der Waals surface area contributed by atoms with Gasteiger partial charge < -0.3 is 4.74 Å². The van der Waals surface area contributed by atoms with E-state index in [1.807, 2.05) is 0 Å². The fourth-order valence-electron chi connectivity index (χ4n) is 5.77. The van der Waals surface area contributed by atoms with Crippen LogP contribution in [0.5, 0.6) is 5.75 Å². The molecule has 0 amide bonds. The standard InChI is InChI=1S/C24H34F2O/c1-16-5-14-22(24(26)23(16)25)27-15-17-6-8-19(9-7-17)21-12-10-20(11-13-21)18-3-2-4-18/h5,14,17-21H,2-4,6-13,15H2,1H3. The Hall–Kier alpha value is -1.12. The van der Waals surface area contributed by atoms with Crippen LogP contribution in [-0.2, 0) is 0 Å². The molecular formula is C24H34F2O. The van der Waals surface area contributed by atoms with E-state index in [1.165, 1.54) is 70.6 Å². The van der Waals surface area contributed by atoms with E-state index < -0.39 is 11.6 Å². The zero-order valence-electron chi connectivity index (χ0n) is 16.7. The second-order valence-electron chi connectivity index (χ2n) is 9.47. The van der Waals surface area contributed by atoms with E-state index in [4.69, 9.17) is 4.74 Å². The summed E-state index contributed by atoms with van der Waals surface area (Å²) in [6.07, 6.45) is 15.2. The maximum absolute atomic E-state index is 13.9. The quantitative estimate of drug-likeness (QED) is 0.534. The van der Waals surface area contributed by atoms with Crippen molar-refractivity contribution in [1.82, 2.24) is 0 Å². The second kappa shape index (κ2) is 8.49. The molecule has 150 valence electrons. The summed E-state index contributed by atoms with van der Waals surface area (Å²) >= 11 is 0. The Bertz CT molecular complexity index is 624. The third kappa shape index (κ3) is 4.32. The van der Waals surface area contributed by atoms with Gasteiger partial charge in [0.05, 0.1) is 6.61 Å². The lowest BCUT2D eigenvalue weighted by Gasteiger charge is -2.42. The monoisotopic (exact) mass is 376 g/mol. The molecule has 3 aliphatic rings. The fraction of sp³-hybridized carbons (Fsp3) is 0.750. The zero-order valence-corrected chi connectivity index (χ0v) is 16.7. The Balaban J connectivity index is 1.20. The van der Waals surface area contributed by atoms with Crippen molar-refractivity contribution in [1.29, 1.82) is 0 Å². The van der Waals surface area contributed by atoms with Crippen molar-refractivity contribution in [3.8, 4) is 5.75 Å². The predicted octanol–water partition coefficient (Wildman–Crippen LogP) is 7.06. The average Bonchev–Trinajstić information content (AvgIpc) is 2.65. The highest BCUT2D eigenvalue weighted by molar-refractivity contribution is 5.30. The molecule has 3 heteroatoms. The molecule has 3 aliphatic carbocycles. The van der Waals surface area contributed by atoms with Crippen LogP contribution in [0.1, 0.15) is 76.2 Å². The lowest BCUT2D eigenvalue weighted by Crippen LogP contribution is -2.31. The summed E-state index contributed by atoms with van der Waals surface area (Å²) < 4.78 is 33.2. The second-order valence-corrected chi connectivity index (χ2v) is 9.47. The van der Waals surface area contributed by atoms with Crippen LogP contribution in [-0.4, -0.2) is 6.61 Å². The van der Waals surface area contributed by atoms with E-state index in [9.17, 15) is 8.78 Å². The molecule has 0 aromatic heterocycles. The molecule has 0 bridgehead atoms. The number of hydrogen-bond donors (Lipinski definition) is 0. The highest BCUT2D eigenvalue weighted by Crippen LogP contribution is 2.46. The molecule has 0 saturated heterocycles. The summed E-state index contributed by atoms with van der Waals surface area (Å²) in [4.78, 5) is 0. The summed E-state index contributed by atoms with van der Waals surface area (Å²) in [6.45, 7) is 2.09. The zero-order chi connectivity index (χ0) is 18.8. The first kappa shape index (κ1) is 19.2. The normalized spacial score (nSPS) is 32.1. The smallest absolute Gasteiger partial charge is 0.200 e. The van der Waals surface area contributed by atoms with Gasteiger partial charge in [-0.3, -0.25) is 0 Å². The molecule has 0 radical (unpaired) electrons. The van der Waals surface area contributed by atoms with Crippen molar-refractivity contribution in [2.75, 3.05) is 6.61 Å². The molecule has 0 atom stereocenters. The van der Waals surface area contributed by atoms with Crippen LogP contribution in [0.2, 0.25) is 0 Å². The average molecular weight is 377 g/mol. The van der Waals surface area contributed by atoms with E-state index in [0.29, 0.717) is 18.1 Å². The highest BCUT2D eigenvalue weighted by Gasteiger charge is 2.35. The molecular weight excluding hydrogens is 342 g/mol. The molecule has 1 nitrogen and oxygen atoms in total. The summed E-state index contributed by atoms with van der Waals surface area (Å²) in [5.41, 5.74) is 0.326. The molecule has 1 aromatic rings. The Morgan fingerprint density at radius 1 is 0.741 bits per heavy atom. The van der Waals surface area contributed by atoms with Gasteiger partial charge in [-0.15, -0.1) is 0 Å². The number of ether oxygens (including phenoxy) is 1. The molecule has 3 saturated carbocycles. The van der Waals surface area contributed by atoms with Crippen molar-refractivity contribution in [3.63, 3.8) is 0 Å². The van der Waals surface area contributed by atoms with Crippen molar-refractivity contribution >= 4 is 0 Å². The molecule has 1 aromatic carbocycles. The summed E-state index contributed by atoms with van der Waals surface area (Å²) in [5, 5.41) is 0. The van der Waals surface area contributed by atoms with Crippen molar-refractivity contribution in [3.05, 3.63) is 29.3 Å². The topological polar surface area (TPSA) is 9.23 Å². The van der Waals surface area contributed by atoms with Gasteiger partial charge in [-0.1, -0.05) is 25.3 Å². The van der Waals surface area contributed by atoms with Crippen LogP contribution < -0.4 is 4.74 Å². The van der Waals surface area contributed by atoms with Gasteiger partial charge in [0.1, 0.15) is 0 Å². The number of halogens is 2. The third-order valence-corrected chi connectivity index (χ3v) is 7.91. The van der Waals surface area contributed by atoms with Crippen LogP contribution >= 0.6 is 0 Å². The molecule has 4 rings (SSSR count). The van der Waals surface area contributed by atoms with E-state index in [-0.39, 0.29) is 5.75 Å². The molecule has 0 spiro atoms. The first-order valence-electron chi connectivity index (χ1n) is 11.2. The fourth-order valence-corrected chi connectivity index (χ4v) is 5.77. The number of benzene rings is 1. The molecule has 0 N–H and O–H groups in total. The maximum Gasteiger partial charge on any atom is 0.200 e. The predicted molar refractivity (Wildman–Crippen MR) is 105 cm³/mol. The van der Waals surface area contributed by atoms with E-state index in [0.717, 1.165) is 23.7 Å². The van der Waals surface area contributed by atoms with Gasteiger partial charge in [-0.2, -0.15) is 4.39 Å². The Morgan fingerprint density at radius 2 is 1.26 bits per heavy atom. The van der Waals surface area contributed by atoms with Gasteiger partial charge in [0, 0.05) is 0 Å². The van der Waals surface area contributed by atoms with Crippen LogP contribution in [0.3, 0.4) is 0 Å². The maximum atomic E-state index is 13.9. The molecule has 0 heterocycles. The van der Waals surface area contributed by atoms with Gasteiger partial charge in [0.25, 0.3) is 0 Å². The first-order chi connectivity index (χ1) is 13.1. The van der Waals surface area contributed by atoms with E-state index >= 15 is 0 Å². The van der Waals surface area contributed by atoms with Gasteiger partial charge in [-0.05, 0) is 99.5 Å². The van der Waals surface area contributed by atoms with Gasteiger partial charge in [0.2, 0.25) is 5.82 Å². The van der Waals surface area contributed by atoms with Crippen LogP contribution in [0.15, 0.2) is 12.1 Å². The molecule has 3 fully saturated rings. The minimum Gasteiger partial charge on any atom is -0.490 e. The lowest BCUT2D eigenvalue weighted by atomic mass is 9.64. The Kier molecular flexibility index (Phi) is 6.04. The minimum absolute atomic E-state index is 0.0644. The van der Waals surface area contributed by atoms with Crippen LogP contribution in [0.25, 0.3) is 0 Å². The van der Waals surface area contributed by atoms with Gasteiger partial charge in [0.15, 0.2) is 11.6 Å². The summed E-state index contributed by atoms with van der Waals surface area (Å²) in [7, 11) is 0. The SMILES string of the molecule is Cc1ccc(OCC2CCC(C3CCC(C4CCC4)CC3)CC2)c(F)c1F. The van der Waals surface area contributed by atoms with E-state index in [1.54, 1.807) is 19.1 Å². The third-order valence-electron chi connectivity index (χ3n) is 7.91. The van der Waals surface area contributed by atoms with Crippen LogP contribution in [0, 0.1) is 48.1 Å². The summed E-state index contributed by atoms with van der Waals surface area (Å²) in [5.74, 6) is 2.84. The van der Waals surface area contributed by atoms with Crippen molar-refractivity contribution in [2.24, 2.45) is 29.6 Å². The molecule has 0 unspecified atom stereocenters. The number of aryl methyl sites for hydroxylation is 1. The number of rotatable bonds is 5. The highest BCUT2D eigenvalue weighted by atomic mass is 19.2. The van der Waals surface area contributed by atoms with Crippen LogP contribution in [0.4, 0.5) is 8.78 Å².